The van der Waals surface area contributed by atoms with Crippen molar-refractivity contribution in [3.8, 4) is 11.1 Å². The number of rotatable bonds is 6. The average molecular weight is 657 g/mol. The van der Waals surface area contributed by atoms with Gasteiger partial charge >= 0.3 is 12.4 Å². The normalized spacial score (nSPS) is 17.0. The van der Waals surface area contributed by atoms with Crippen molar-refractivity contribution in [1.29, 1.82) is 0 Å². The number of pyridine rings is 1. The van der Waals surface area contributed by atoms with Crippen LogP contribution in [0.5, 0.6) is 0 Å². The molecule has 1 saturated heterocycles. The van der Waals surface area contributed by atoms with E-state index >= 15 is 0 Å². The van der Waals surface area contributed by atoms with Crippen LogP contribution in [0, 0.1) is 6.92 Å². The Hall–Kier alpha value is -3.65. The third kappa shape index (κ3) is 7.27. The second kappa shape index (κ2) is 11.9. The molecule has 1 unspecified atom stereocenters. The van der Waals surface area contributed by atoms with Crippen molar-refractivity contribution in [1.82, 2.24) is 9.29 Å². The molecule has 4 rings (SSSR count). The molecule has 0 saturated carbocycles. The number of halogens is 6. The Balaban J connectivity index is 1.77. The van der Waals surface area contributed by atoms with Crippen LogP contribution in [0.4, 0.5) is 37.8 Å². The number of aryl methyl sites for hydroxylation is 1. The van der Waals surface area contributed by atoms with Gasteiger partial charge < -0.3 is 9.80 Å². The molecule has 7 nitrogen and oxygen atoms in total. The lowest BCUT2D eigenvalue weighted by Crippen LogP contribution is -2.53. The van der Waals surface area contributed by atoms with Crippen molar-refractivity contribution in [2.75, 3.05) is 42.7 Å². The fraction of sp³-hybridized carbons (Fsp3) is 0.419. The van der Waals surface area contributed by atoms with Gasteiger partial charge in [-0.1, -0.05) is 29.8 Å². The van der Waals surface area contributed by atoms with E-state index in [2.05, 4.69) is 4.98 Å². The second-order valence-corrected chi connectivity index (χ2v) is 13.8. The molecule has 1 aliphatic heterocycles. The van der Waals surface area contributed by atoms with Crippen LogP contribution < -0.4 is 9.80 Å². The smallest absolute Gasteiger partial charge is 0.354 e. The highest BCUT2D eigenvalue weighted by molar-refractivity contribution is 7.88. The molecule has 0 bridgehead atoms. The summed E-state index contributed by atoms with van der Waals surface area (Å²) < 4.78 is 107. The molecular formula is C31H34F6N4O3S. The summed E-state index contributed by atoms with van der Waals surface area (Å²) in [6.45, 7) is 7.19. The van der Waals surface area contributed by atoms with Crippen molar-refractivity contribution in [2.45, 2.75) is 51.5 Å². The van der Waals surface area contributed by atoms with Crippen LogP contribution in [0.3, 0.4) is 0 Å². The number of carbonyl (C=O) groups is 1. The summed E-state index contributed by atoms with van der Waals surface area (Å²) in [6.07, 6.45) is -7.55. The molecule has 1 aliphatic rings. The van der Waals surface area contributed by atoms with Crippen molar-refractivity contribution in [3.63, 3.8) is 0 Å². The maximum absolute atomic E-state index is 13.9. The molecule has 2 heterocycles. The summed E-state index contributed by atoms with van der Waals surface area (Å²) in [4.78, 5) is 21.6. The van der Waals surface area contributed by atoms with E-state index in [4.69, 9.17) is 0 Å². The van der Waals surface area contributed by atoms with E-state index in [0.717, 1.165) is 11.8 Å². The van der Waals surface area contributed by atoms with E-state index in [1.807, 2.05) is 36.1 Å². The van der Waals surface area contributed by atoms with Gasteiger partial charge in [0.2, 0.25) is 15.9 Å². The highest BCUT2D eigenvalue weighted by atomic mass is 32.2. The van der Waals surface area contributed by atoms with Crippen LogP contribution in [0.2, 0.25) is 0 Å². The first kappa shape index (κ1) is 34.2. The molecule has 45 heavy (non-hydrogen) atoms. The first-order chi connectivity index (χ1) is 20.6. The predicted molar refractivity (Wildman–Crippen MR) is 161 cm³/mol. The van der Waals surface area contributed by atoms with Gasteiger partial charge in [-0.05, 0) is 63.1 Å². The summed E-state index contributed by atoms with van der Waals surface area (Å²) in [7, 11) is -2.01. The minimum absolute atomic E-state index is 0.0303. The highest BCUT2D eigenvalue weighted by Gasteiger charge is 2.41. The highest BCUT2D eigenvalue weighted by Crippen LogP contribution is 2.41. The summed E-state index contributed by atoms with van der Waals surface area (Å²) >= 11 is 0. The molecule has 0 aliphatic carbocycles. The topological polar surface area (TPSA) is 73.8 Å². The van der Waals surface area contributed by atoms with Crippen LogP contribution in [-0.4, -0.2) is 62.6 Å². The summed E-state index contributed by atoms with van der Waals surface area (Å²) in [6, 6.07) is 9.95. The Morgan fingerprint density at radius 3 is 1.93 bits per heavy atom. The molecule has 1 fully saturated rings. The second-order valence-electron chi connectivity index (χ2n) is 11.9. The molecule has 1 atom stereocenters. The number of piperazine rings is 1. The van der Waals surface area contributed by atoms with Crippen molar-refractivity contribution >= 4 is 27.4 Å². The fourth-order valence-corrected chi connectivity index (χ4v) is 6.59. The van der Waals surface area contributed by atoms with E-state index in [1.165, 1.54) is 36.3 Å². The number of hydrogen-bond donors (Lipinski definition) is 0. The van der Waals surface area contributed by atoms with Gasteiger partial charge in [0.1, 0.15) is 5.82 Å². The fourth-order valence-electron chi connectivity index (χ4n) is 5.45. The largest absolute Gasteiger partial charge is 0.416 e. The number of carbonyl (C=O) groups excluding carboxylic acids is 1. The molecule has 0 N–H and O–H groups in total. The summed E-state index contributed by atoms with van der Waals surface area (Å²) in [5, 5.41) is 0. The lowest BCUT2D eigenvalue weighted by atomic mass is 9.81. The minimum atomic E-state index is -5.07. The lowest BCUT2D eigenvalue weighted by Gasteiger charge is -2.39. The standard InChI is InChI=1S/C31H34F6N4O3S/c1-19-7-9-21(10-8-19)25-16-27(40-11-12-41(20(2)18-40)45(6,43)44)38-17-26(25)39(5)28(42)29(3,4)22-13-23(30(32,33)34)15-24(14-22)31(35,36)37/h7-10,13-17,20H,11-12,18H2,1-6H3. The van der Waals surface area contributed by atoms with Crippen LogP contribution in [0.25, 0.3) is 11.1 Å². The zero-order valence-corrected chi connectivity index (χ0v) is 26.4. The Morgan fingerprint density at radius 2 is 1.44 bits per heavy atom. The van der Waals surface area contributed by atoms with Gasteiger partial charge in [-0.3, -0.25) is 4.79 Å². The summed E-state index contributed by atoms with van der Waals surface area (Å²) in [5.41, 5.74) is -2.78. The number of sulfonamides is 1. The van der Waals surface area contributed by atoms with E-state index < -0.39 is 50.4 Å². The molecule has 0 spiro atoms. The third-order valence-electron chi connectivity index (χ3n) is 8.06. The van der Waals surface area contributed by atoms with E-state index in [-0.39, 0.29) is 24.3 Å². The number of nitrogens with zero attached hydrogens (tertiary/aromatic N) is 4. The van der Waals surface area contributed by atoms with E-state index in [0.29, 0.717) is 42.2 Å². The van der Waals surface area contributed by atoms with Crippen molar-refractivity contribution < 1.29 is 39.6 Å². The Kier molecular flexibility index (Phi) is 9.08. The zero-order valence-electron chi connectivity index (χ0n) is 25.6. The van der Waals surface area contributed by atoms with Crippen molar-refractivity contribution in [2.24, 2.45) is 0 Å². The zero-order chi connectivity index (χ0) is 33.7. The number of aromatic nitrogens is 1. The van der Waals surface area contributed by atoms with Crippen molar-refractivity contribution in [3.05, 3.63) is 77.0 Å². The third-order valence-corrected chi connectivity index (χ3v) is 9.45. The molecule has 244 valence electrons. The monoisotopic (exact) mass is 656 g/mol. The first-order valence-corrected chi connectivity index (χ1v) is 15.8. The van der Waals surface area contributed by atoms with Crippen LogP contribution >= 0.6 is 0 Å². The minimum Gasteiger partial charge on any atom is -0.354 e. The Labute approximate surface area is 258 Å². The lowest BCUT2D eigenvalue weighted by molar-refractivity contribution is -0.143. The van der Waals surface area contributed by atoms with Crippen LogP contribution in [0.1, 0.15) is 43.0 Å². The van der Waals surface area contributed by atoms with Crippen LogP contribution in [0.15, 0.2) is 54.7 Å². The maximum atomic E-state index is 13.9. The number of hydrogen-bond acceptors (Lipinski definition) is 5. The summed E-state index contributed by atoms with van der Waals surface area (Å²) in [5.74, 6) is -0.240. The molecule has 1 aromatic heterocycles. The van der Waals surface area contributed by atoms with E-state index in [9.17, 15) is 39.6 Å². The number of amides is 1. The average Bonchev–Trinajstić information content (AvgIpc) is 2.94. The molecule has 14 heteroatoms. The number of anilines is 2. The molecule has 2 aromatic carbocycles. The Bertz CT molecular complexity index is 1660. The van der Waals surface area contributed by atoms with Crippen LogP contribution in [-0.2, 0) is 32.6 Å². The molecule has 0 radical (unpaired) electrons. The number of benzene rings is 2. The van der Waals surface area contributed by atoms with E-state index in [1.54, 1.807) is 13.0 Å². The maximum Gasteiger partial charge on any atom is 0.416 e. The van der Waals surface area contributed by atoms with Gasteiger partial charge in [0.15, 0.2) is 0 Å². The SMILES string of the molecule is Cc1ccc(-c2cc(N3CCN(S(C)(=O)=O)C(C)C3)ncc2N(C)C(=O)C(C)(C)c2cc(C(F)(F)F)cc(C(F)(F)F)c2)cc1. The number of alkyl halides is 6. The van der Waals surface area contributed by atoms with Gasteiger partial charge in [0, 0.05) is 38.3 Å². The van der Waals surface area contributed by atoms with Gasteiger partial charge in [-0.25, -0.2) is 13.4 Å². The molecular weight excluding hydrogens is 622 g/mol. The number of likely N-dealkylation sites (N-methyl/N-ethyl adjacent to an activating group) is 1. The van der Waals surface area contributed by atoms with Gasteiger partial charge in [0.05, 0.1) is 34.7 Å². The molecule has 1 amide bonds. The van der Waals surface area contributed by atoms with Gasteiger partial charge in [-0.2, -0.15) is 30.6 Å². The molecule has 3 aromatic rings. The van der Waals surface area contributed by atoms with Gasteiger partial charge in [0.25, 0.3) is 0 Å². The predicted octanol–water partition coefficient (Wildman–Crippen LogP) is 6.51. The first-order valence-electron chi connectivity index (χ1n) is 14.0. The van der Waals surface area contributed by atoms with Gasteiger partial charge in [-0.15, -0.1) is 0 Å². The quantitative estimate of drug-likeness (QED) is 0.283. The Morgan fingerprint density at radius 1 is 0.911 bits per heavy atom.